The summed E-state index contributed by atoms with van der Waals surface area (Å²) in [6, 6.07) is 13.0. The second-order valence-electron chi connectivity index (χ2n) is 17.5. The van der Waals surface area contributed by atoms with E-state index in [4.69, 9.17) is 23.9 Å². The quantitative estimate of drug-likeness (QED) is 0.127. The maximum Gasteiger partial charge on any atom is 0.417 e. The number of anilines is 2. The zero-order valence-corrected chi connectivity index (χ0v) is 37.0. The molecule has 0 saturated carbocycles. The molecule has 350 valence electrons. The number of nitrogens with zero attached hydrogens (tertiary/aromatic N) is 7. The summed E-state index contributed by atoms with van der Waals surface area (Å²) < 4.78 is 119. The number of halogens is 6. The third-order valence-electron chi connectivity index (χ3n) is 13.6. The minimum atomic E-state index is -5.20. The summed E-state index contributed by atoms with van der Waals surface area (Å²) in [4.78, 5) is 32.7. The number of ether oxygens (including phenoxy) is 4. The number of methoxy groups -OCH3 is 2. The first-order valence-electron chi connectivity index (χ1n) is 21.8. The van der Waals surface area contributed by atoms with Crippen LogP contribution in [0.4, 0.5) is 42.6 Å². The lowest BCUT2D eigenvalue weighted by molar-refractivity contribution is -0.137. The van der Waals surface area contributed by atoms with Crippen LogP contribution in [0, 0.1) is 18.6 Å². The van der Waals surface area contributed by atoms with Gasteiger partial charge in [0.25, 0.3) is 0 Å². The van der Waals surface area contributed by atoms with Crippen molar-refractivity contribution in [1.29, 1.82) is 0 Å². The first-order chi connectivity index (χ1) is 31.5. The van der Waals surface area contributed by atoms with Crippen molar-refractivity contribution in [2.24, 2.45) is 0 Å². The highest BCUT2D eigenvalue weighted by molar-refractivity contribution is 5.98. The fourth-order valence-electron chi connectivity index (χ4n) is 10.4. The van der Waals surface area contributed by atoms with Crippen molar-refractivity contribution in [1.82, 2.24) is 24.8 Å². The van der Waals surface area contributed by atoms with E-state index in [9.17, 15) is 14.3 Å². The summed E-state index contributed by atoms with van der Waals surface area (Å²) in [5, 5.41) is 10.0. The molecule has 6 heterocycles. The molecule has 1 N–H and O–H groups in total. The van der Waals surface area contributed by atoms with Crippen molar-refractivity contribution >= 4 is 28.5 Å². The van der Waals surface area contributed by atoms with Gasteiger partial charge in [0, 0.05) is 44.7 Å². The molecule has 3 fully saturated rings. The van der Waals surface area contributed by atoms with E-state index >= 15 is 22.0 Å². The number of pyridine rings is 1. The van der Waals surface area contributed by atoms with Crippen molar-refractivity contribution in [3.8, 4) is 34.6 Å². The summed E-state index contributed by atoms with van der Waals surface area (Å²) in [7, 11) is 3.02. The highest BCUT2D eigenvalue weighted by atomic mass is 19.4. The average molecular weight is 922 g/mol. The van der Waals surface area contributed by atoms with Crippen LogP contribution in [0.3, 0.4) is 0 Å². The lowest BCUT2D eigenvalue weighted by atomic mass is 9.95. The van der Waals surface area contributed by atoms with Crippen molar-refractivity contribution in [2.75, 3.05) is 56.8 Å². The molecule has 19 heteroatoms. The zero-order valence-electron chi connectivity index (χ0n) is 37.0. The molecule has 3 saturated heterocycles. The van der Waals surface area contributed by atoms with Crippen LogP contribution in [0.1, 0.15) is 55.4 Å². The minimum Gasteiger partial charge on any atom is -0.497 e. The molecule has 4 aliphatic rings. The SMILES string of the molecule is COc1ccc(CN(Cc2ccc(OC)cc2)c2cc(-c3nc4c5c(nc(OC[C@@]67CCCN6C[C@H](F)C7)nc5c3F)N3CCN(C(=O)O)C(C)C3C(C)O4)c(C(F)(F)F)c(C)c2F)cc1. The standard InChI is InChI=1S/C47H49F6N7O6/c1-25-36(47(51,52)53)33(19-34(37(25)49)57(21-28-7-11-31(63-4)12-8-28)22-29-9-13-32(64-5)14-10-29)39-38(50)40-35-42(56-44(55-40)65-24-46-15-6-16-58(46)23-30(48)20-46)60-18-17-59(45(61)62)26(2)41(60)27(3)66-43(35)54-39/h7-14,19,26-27,30,41H,6,15-18,20-24H2,1-5H3,(H,61,62)/t26?,27?,30-,41?,46+/m1/s1. The number of rotatable bonds is 11. The number of alkyl halides is 4. The van der Waals surface area contributed by atoms with Crippen molar-refractivity contribution < 1.29 is 55.2 Å². The number of carboxylic acid groups (broad SMARTS) is 1. The molecular formula is C47H49F6N7O6. The Morgan fingerprint density at radius 2 is 1.59 bits per heavy atom. The molecule has 0 spiro atoms. The molecule has 0 radical (unpaired) electrons. The van der Waals surface area contributed by atoms with Crippen molar-refractivity contribution in [3.63, 3.8) is 0 Å². The number of aromatic nitrogens is 3. The Labute approximate surface area is 376 Å². The molecule has 4 aliphatic heterocycles. The van der Waals surface area contributed by atoms with E-state index < -0.39 is 81.7 Å². The Kier molecular flexibility index (Phi) is 11.7. The number of hydrogen-bond acceptors (Lipinski definition) is 11. The van der Waals surface area contributed by atoms with Crippen molar-refractivity contribution in [2.45, 2.75) is 89.2 Å². The van der Waals surface area contributed by atoms with Gasteiger partial charge in [-0.25, -0.2) is 22.9 Å². The van der Waals surface area contributed by atoms with Gasteiger partial charge in [0.1, 0.15) is 58.6 Å². The summed E-state index contributed by atoms with van der Waals surface area (Å²) >= 11 is 0. The third kappa shape index (κ3) is 7.97. The molecule has 9 rings (SSSR count). The second-order valence-corrected chi connectivity index (χ2v) is 17.5. The number of hydrogen-bond donors (Lipinski definition) is 1. The van der Waals surface area contributed by atoms with Gasteiger partial charge in [0.15, 0.2) is 5.82 Å². The smallest absolute Gasteiger partial charge is 0.417 e. The van der Waals surface area contributed by atoms with E-state index in [2.05, 4.69) is 9.97 Å². The van der Waals surface area contributed by atoms with Gasteiger partial charge in [0.2, 0.25) is 5.88 Å². The molecule has 66 heavy (non-hydrogen) atoms. The van der Waals surface area contributed by atoms with Gasteiger partial charge in [-0.15, -0.1) is 0 Å². The Bertz CT molecular complexity index is 2610. The van der Waals surface area contributed by atoms with Gasteiger partial charge >= 0.3 is 18.3 Å². The Morgan fingerprint density at radius 3 is 2.20 bits per heavy atom. The van der Waals surface area contributed by atoms with E-state index in [1.807, 2.05) is 4.90 Å². The summed E-state index contributed by atoms with van der Waals surface area (Å²) in [6.07, 6.45) is -6.66. The Hall–Kier alpha value is -6.24. The molecule has 0 aliphatic carbocycles. The fraction of sp³-hybridized carbons (Fsp3) is 0.447. The van der Waals surface area contributed by atoms with Gasteiger partial charge in [-0.3, -0.25) is 4.90 Å². The molecule has 2 aromatic heterocycles. The highest BCUT2D eigenvalue weighted by Crippen LogP contribution is 2.48. The predicted molar refractivity (Wildman–Crippen MR) is 232 cm³/mol. The van der Waals surface area contributed by atoms with E-state index in [0.29, 0.717) is 35.6 Å². The van der Waals surface area contributed by atoms with Crippen LogP contribution in [0.5, 0.6) is 23.4 Å². The first-order valence-corrected chi connectivity index (χ1v) is 21.8. The maximum absolute atomic E-state index is 17.8. The molecule has 3 aromatic carbocycles. The molecule has 5 aromatic rings. The Morgan fingerprint density at radius 1 is 0.939 bits per heavy atom. The molecule has 0 bridgehead atoms. The van der Waals surface area contributed by atoms with Crippen LogP contribution in [-0.2, 0) is 19.3 Å². The van der Waals surface area contributed by atoms with E-state index in [-0.39, 0.29) is 74.5 Å². The van der Waals surface area contributed by atoms with Crippen LogP contribution in [0.2, 0.25) is 0 Å². The molecule has 13 nitrogen and oxygen atoms in total. The monoisotopic (exact) mass is 921 g/mol. The predicted octanol–water partition coefficient (Wildman–Crippen LogP) is 8.81. The lowest BCUT2D eigenvalue weighted by Crippen LogP contribution is -2.64. The van der Waals surface area contributed by atoms with E-state index in [1.165, 1.54) is 19.1 Å². The number of benzene rings is 3. The fourth-order valence-corrected chi connectivity index (χ4v) is 10.4. The number of fused-ring (bicyclic) bond motifs is 3. The Balaban J connectivity index is 1.24. The van der Waals surface area contributed by atoms with Crippen LogP contribution in [0.15, 0.2) is 54.6 Å². The topological polar surface area (TPSA) is 126 Å². The van der Waals surface area contributed by atoms with Gasteiger partial charge < -0.3 is 38.8 Å². The third-order valence-corrected chi connectivity index (χ3v) is 13.6. The van der Waals surface area contributed by atoms with E-state index in [0.717, 1.165) is 19.4 Å². The molecular weight excluding hydrogens is 873 g/mol. The zero-order chi connectivity index (χ0) is 46.8. The largest absolute Gasteiger partial charge is 0.497 e. The molecule has 5 atom stereocenters. The maximum atomic E-state index is 17.8. The molecule has 3 unspecified atom stereocenters. The lowest BCUT2D eigenvalue weighted by Gasteiger charge is -2.46. The average Bonchev–Trinajstić information content (AvgIpc) is 3.78. The van der Waals surface area contributed by atoms with Crippen LogP contribution in [0.25, 0.3) is 22.2 Å². The van der Waals surface area contributed by atoms with Crippen LogP contribution >= 0.6 is 0 Å². The van der Waals surface area contributed by atoms with Gasteiger partial charge in [0.05, 0.1) is 43.1 Å². The number of amides is 1. The number of piperazine rings is 1. The summed E-state index contributed by atoms with van der Waals surface area (Å²) in [6.45, 7) is 5.36. The normalized spacial score (nSPS) is 22.7. The van der Waals surface area contributed by atoms with E-state index in [1.54, 1.807) is 72.2 Å². The summed E-state index contributed by atoms with van der Waals surface area (Å²) in [5.41, 5.74) is -3.89. The van der Waals surface area contributed by atoms with Gasteiger partial charge in [-0.1, -0.05) is 24.3 Å². The highest BCUT2D eigenvalue weighted by Gasteiger charge is 2.50. The van der Waals surface area contributed by atoms with Gasteiger partial charge in [-0.05, 0) is 87.2 Å². The summed E-state index contributed by atoms with van der Waals surface area (Å²) in [5.74, 6) is -1.55. The van der Waals surface area contributed by atoms with Crippen molar-refractivity contribution in [3.05, 3.63) is 88.5 Å². The minimum absolute atomic E-state index is 0.0127. The number of carbonyl (C=O) groups is 1. The van der Waals surface area contributed by atoms with Crippen LogP contribution < -0.4 is 28.7 Å². The molecule has 1 amide bonds. The van der Waals surface area contributed by atoms with Gasteiger partial charge in [-0.2, -0.15) is 23.1 Å². The second kappa shape index (κ2) is 17.2. The first kappa shape index (κ1) is 44.9. The van der Waals surface area contributed by atoms with Crippen LogP contribution in [-0.4, -0.2) is 113 Å².